The van der Waals surface area contributed by atoms with Gasteiger partial charge in [-0.15, -0.1) is 0 Å². The molecular weight excluding hydrogens is 244 g/mol. The minimum absolute atomic E-state index is 0.838. The van der Waals surface area contributed by atoms with Gasteiger partial charge in [0.05, 0.1) is 6.54 Å². The first-order valence-corrected chi connectivity index (χ1v) is 7.64. The van der Waals surface area contributed by atoms with Gasteiger partial charge in [0.2, 0.25) is 6.33 Å². The third kappa shape index (κ3) is 2.31. The summed E-state index contributed by atoms with van der Waals surface area (Å²) < 4.78 is 4.64. The fourth-order valence-corrected chi connectivity index (χ4v) is 3.81. The standard InChI is InChI=1S/C18H21N2/c1-2-4-15(5-3-1)12-19-8-9-20(14-19)13-18-11-16-6-7-17(18)10-16/h1-9,14,16-18H,10-13H2/q+1. The van der Waals surface area contributed by atoms with Crippen LogP contribution in [0.4, 0.5) is 0 Å². The summed E-state index contributed by atoms with van der Waals surface area (Å²) in [5, 5.41) is 0. The smallest absolute Gasteiger partial charge is 0.237 e. The summed E-state index contributed by atoms with van der Waals surface area (Å²) in [6, 6.07) is 10.7. The van der Waals surface area contributed by atoms with Gasteiger partial charge in [0.1, 0.15) is 18.9 Å². The van der Waals surface area contributed by atoms with Crippen LogP contribution >= 0.6 is 0 Å². The molecule has 1 aromatic carbocycles. The van der Waals surface area contributed by atoms with Crippen molar-refractivity contribution < 1.29 is 4.57 Å². The zero-order chi connectivity index (χ0) is 13.4. The highest BCUT2D eigenvalue weighted by Gasteiger charge is 2.36. The third-order valence-electron chi connectivity index (χ3n) is 4.82. The Morgan fingerprint density at radius 2 is 2.00 bits per heavy atom. The van der Waals surface area contributed by atoms with Crippen LogP contribution in [0.3, 0.4) is 0 Å². The topological polar surface area (TPSA) is 8.81 Å². The lowest BCUT2D eigenvalue weighted by Gasteiger charge is -2.15. The predicted octanol–water partition coefficient (Wildman–Crippen LogP) is 3.04. The van der Waals surface area contributed by atoms with Crippen LogP contribution < -0.4 is 4.57 Å². The van der Waals surface area contributed by atoms with Gasteiger partial charge in [-0.2, -0.15) is 0 Å². The number of rotatable bonds is 4. The summed E-state index contributed by atoms with van der Waals surface area (Å²) in [4.78, 5) is 0. The van der Waals surface area contributed by atoms with Gasteiger partial charge < -0.3 is 0 Å². The van der Waals surface area contributed by atoms with E-state index in [-0.39, 0.29) is 0 Å². The fourth-order valence-electron chi connectivity index (χ4n) is 3.81. The van der Waals surface area contributed by atoms with Crippen molar-refractivity contribution >= 4 is 0 Å². The SMILES string of the molecule is C1=CC2CC1CC2Cn1cc[n+](Cc2ccccc2)c1. The van der Waals surface area contributed by atoms with Gasteiger partial charge in [0, 0.05) is 5.92 Å². The van der Waals surface area contributed by atoms with Crippen molar-refractivity contribution in [2.75, 3.05) is 0 Å². The van der Waals surface area contributed by atoms with Gasteiger partial charge in [-0.05, 0) is 30.2 Å². The van der Waals surface area contributed by atoms with Crippen molar-refractivity contribution in [3.8, 4) is 0 Å². The van der Waals surface area contributed by atoms with E-state index < -0.39 is 0 Å². The van der Waals surface area contributed by atoms with E-state index in [0.717, 1.165) is 24.3 Å². The van der Waals surface area contributed by atoms with Gasteiger partial charge in [-0.3, -0.25) is 0 Å². The number of hydrogen-bond acceptors (Lipinski definition) is 0. The lowest BCUT2D eigenvalue weighted by Crippen LogP contribution is -2.31. The van der Waals surface area contributed by atoms with Crippen LogP contribution in [0.2, 0.25) is 0 Å². The minimum atomic E-state index is 0.838. The largest absolute Gasteiger partial charge is 0.244 e. The predicted molar refractivity (Wildman–Crippen MR) is 79.0 cm³/mol. The molecule has 3 unspecified atom stereocenters. The van der Waals surface area contributed by atoms with Crippen molar-refractivity contribution in [1.82, 2.24) is 4.57 Å². The summed E-state index contributed by atoms with van der Waals surface area (Å²) >= 11 is 0. The molecule has 2 heteroatoms. The fraction of sp³-hybridized carbons (Fsp3) is 0.389. The summed E-state index contributed by atoms with van der Waals surface area (Å²) in [5.41, 5.74) is 1.36. The van der Waals surface area contributed by atoms with Gasteiger partial charge in [-0.25, -0.2) is 9.13 Å². The molecule has 3 atom stereocenters. The average molecular weight is 265 g/mol. The van der Waals surface area contributed by atoms with E-state index in [1.54, 1.807) is 0 Å². The summed E-state index contributed by atoms with van der Waals surface area (Å²) in [6.45, 7) is 2.14. The van der Waals surface area contributed by atoms with E-state index in [9.17, 15) is 0 Å². The molecular formula is C18H21N2+. The highest BCUT2D eigenvalue weighted by Crippen LogP contribution is 2.43. The van der Waals surface area contributed by atoms with Gasteiger partial charge in [-0.1, -0.05) is 42.5 Å². The molecule has 2 aliphatic carbocycles. The Bertz CT molecular complexity index is 611. The Balaban J connectivity index is 1.42. The maximum absolute atomic E-state index is 2.44. The molecule has 1 heterocycles. The molecule has 1 fully saturated rings. The summed E-state index contributed by atoms with van der Waals surface area (Å²) in [6.07, 6.45) is 14.3. The Morgan fingerprint density at radius 3 is 2.75 bits per heavy atom. The number of allylic oxidation sites excluding steroid dienone is 2. The second kappa shape index (κ2) is 4.93. The van der Waals surface area contributed by atoms with Crippen molar-refractivity contribution in [2.24, 2.45) is 17.8 Å². The minimum Gasteiger partial charge on any atom is -0.237 e. The molecule has 2 nitrogen and oxygen atoms in total. The molecule has 0 radical (unpaired) electrons. The van der Waals surface area contributed by atoms with Crippen LogP contribution in [0.5, 0.6) is 0 Å². The first-order valence-electron chi connectivity index (χ1n) is 7.64. The molecule has 20 heavy (non-hydrogen) atoms. The zero-order valence-corrected chi connectivity index (χ0v) is 11.7. The molecule has 0 amide bonds. The van der Waals surface area contributed by atoms with E-state index in [4.69, 9.17) is 0 Å². The van der Waals surface area contributed by atoms with Gasteiger partial charge >= 0.3 is 0 Å². The highest BCUT2D eigenvalue weighted by molar-refractivity contribution is 5.13. The lowest BCUT2D eigenvalue weighted by molar-refractivity contribution is -0.687. The van der Waals surface area contributed by atoms with Crippen LogP contribution in [0.1, 0.15) is 18.4 Å². The van der Waals surface area contributed by atoms with E-state index in [1.807, 2.05) is 0 Å². The molecule has 0 N–H and O–H groups in total. The van der Waals surface area contributed by atoms with Crippen LogP contribution in [0.25, 0.3) is 0 Å². The maximum Gasteiger partial charge on any atom is 0.244 e. The molecule has 1 saturated carbocycles. The number of hydrogen-bond donors (Lipinski definition) is 0. The van der Waals surface area contributed by atoms with Crippen LogP contribution in [0.15, 0.2) is 61.2 Å². The van der Waals surface area contributed by atoms with Crippen LogP contribution in [-0.4, -0.2) is 4.57 Å². The first-order chi connectivity index (χ1) is 9.87. The zero-order valence-electron chi connectivity index (χ0n) is 11.7. The summed E-state index contributed by atoms with van der Waals surface area (Å²) in [5.74, 6) is 2.56. The van der Waals surface area contributed by atoms with Gasteiger partial charge in [0.15, 0.2) is 0 Å². The number of imidazole rings is 1. The second-order valence-corrected chi connectivity index (χ2v) is 6.31. The quantitative estimate of drug-likeness (QED) is 0.593. The first kappa shape index (κ1) is 12.0. The average Bonchev–Trinajstić information content (AvgIpc) is 3.17. The maximum atomic E-state index is 2.44. The van der Waals surface area contributed by atoms with Crippen LogP contribution in [0, 0.1) is 17.8 Å². The Morgan fingerprint density at radius 1 is 1.10 bits per heavy atom. The van der Waals surface area contributed by atoms with Gasteiger partial charge in [0.25, 0.3) is 0 Å². The molecule has 1 aromatic heterocycles. The highest BCUT2D eigenvalue weighted by atomic mass is 15.1. The Hall–Kier alpha value is -1.83. The molecule has 0 aliphatic heterocycles. The molecule has 2 aromatic rings. The van der Waals surface area contributed by atoms with Crippen LogP contribution in [-0.2, 0) is 13.1 Å². The van der Waals surface area contributed by atoms with E-state index in [2.05, 4.69) is 70.3 Å². The van der Waals surface area contributed by atoms with E-state index in [0.29, 0.717) is 0 Å². The van der Waals surface area contributed by atoms with E-state index in [1.165, 1.54) is 24.9 Å². The number of aromatic nitrogens is 2. The Kier molecular flexibility index (Phi) is 2.95. The summed E-state index contributed by atoms with van der Waals surface area (Å²) in [7, 11) is 0. The van der Waals surface area contributed by atoms with Crippen molar-refractivity contribution in [3.63, 3.8) is 0 Å². The second-order valence-electron chi connectivity index (χ2n) is 6.31. The molecule has 4 rings (SSSR count). The Labute approximate surface area is 120 Å². The number of benzene rings is 1. The molecule has 2 aliphatic rings. The van der Waals surface area contributed by atoms with Crippen molar-refractivity contribution in [2.45, 2.75) is 25.9 Å². The molecule has 2 bridgehead atoms. The van der Waals surface area contributed by atoms with Crippen molar-refractivity contribution in [1.29, 1.82) is 0 Å². The number of fused-ring (bicyclic) bond motifs is 2. The monoisotopic (exact) mass is 265 g/mol. The molecule has 0 spiro atoms. The van der Waals surface area contributed by atoms with E-state index >= 15 is 0 Å². The number of nitrogens with zero attached hydrogens (tertiary/aromatic N) is 2. The lowest BCUT2D eigenvalue weighted by atomic mass is 9.94. The van der Waals surface area contributed by atoms with Crippen molar-refractivity contribution in [3.05, 3.63) is 66.8 Å². The molecule has 102 valence electrons. The molecule has 0 saturated heterocycles. The normalized spacial score (nSPS) is 27.3. The third-order valence-corrected chi connectivity index (χ3v) is 4.82.